The number of carbonyl (C=O) groups is 1. The van der Waals surface area contributed by atoms with Gasteiger partial charge in [-0.1, -0.05) is 12.1 Å². The first kappa shape index (κ1) is 15.1. The van der Waals surface area contributed by atoms with Crippen LogP contribution in [0.25, 0.3) is 11.1 Å². The van der Waals surface area contributed by atoms with Gasteiger partial charge in [0.2, 0.25) is 5.91 Å². The zero-order valence-corrected chi connectivity index (χ0v) is 13.1. The maximum atomic E-state index is 12.1. The second-order valence-electron chi connectivity index (χ2n) is 5.31. The molecule has 0 unspecified atom stereocenters. The average molecular weight is 310 g/mol. The van der Waals surface area contributed by atoms with Crippen molar-refractivity contribution in [3.8, 4) is 5.75 Å². The van der Waals surface area contributed by atoms with Crippen LogP contribution in [-0.4, -0.2) is 18.0 Å². The van der Waals surface area contributed by atoms with Crippen LogP contribution in [0.5, 0.6) is 5.75 Å². The van der Waals surface area contributed by atoms with E-state index in [0.29, 0.717) is 30.0 Å². The molecule has 0 atom stereocenters. The molecule has 0 saturated carbocycles. The summed E-state index contributed by atoms with van der Waals surface area (Å²) in [7, 11) is 1.63. The molecule has 118 valence electrons. The van der Waals surface area contributed by atoms with Crippen molar-refractivity contribution in [2.45, 2.75) is 19.8 Å². The molecule has 3 aromatic rings. The van der Waals surface area contributed by atoms with E-state index in [1.807, 2.05) is 36.4 Å². The fraction of sp³-hybridized carbons (Fsp3) is 0.222. The summed E-state index contributed by atoms with van der Waals surface area (Å²) in [6.07, 6.45) is 1.10. The lowest BCUT2D eigenvalue weighted by Crippen LogP contribution is -2.12. The highest BCUT2D eigenvalue weighted by Crippen LogP contribution is 2.20. The Morgan fingerprint density at radius 2 is 2.00 bits per heavy atom. The molecule has 23 heavy (non-hydrogen) atoms. The van der Waals surface area contributed by atoms with Gasteiger partial charge in [-0.05, 0) is 36.2 Å². The fourth-order valence-electron chi connectivity index (χ4n) is 2.39. The first-order valence-corrected chi connectivity index (χ1v) is 7.44. The maximum absolute atomic E-state index is 12.1. The number of oxazole rings is 1. The van der Waals surface area contributed by atoms with Crippen LogP contribution in [-0.2, 0) is 11.2 Å². The van der Waals surface area contributed by atoms with Gasteiger partial charge in [0.05, 0.1) is 7.11 Å². The minimum atomic E-state index is -0.0311. The van der Waals surface area contributed by atoms with Gasteiger partial charge in [-0.15, -0.1) is 0 Å². The minimum Gasteiger partial charge on any atom is -0.497 e. The topological polar surface area (TPSA) is 64.4 Å². The van der Waals surface area contributed by atoms with E-state index >= 15 is 0 Å². The zero-order chi connectivity index (χ0) is 16.2. The smallest absolute Gasteiger partial charge is 0.224 e. The lowest BCUT2D eigenvalue weighted by molar-refractivity contribution is -0.116. The van der Waals surface area contributed by atoms with Crippen molar-refractivity contribution in [2.24, 2.45) is 0 Å². The highest BCUT2D eigenvalue weighted by Gasteiger charge is 2.07. The van der Waals surface area contributed by atoms with Crippen LogP contribution in [0.15, 0.2) is 46.9 Å². The predicted molar refractivity (Wildman–Crippen MR) is 88.7 cm³/mol. The van der Waals surface area contributed by atoms with E-state index in [2.05, 4.69) is 10.3 Å². The Bertz CT molecular complexity index is 822. The number of amides is 1. The third kappa shape index (κ3) is 3.69. The summed E-state index contributed by atoms with van der Waals surface area (Å²) >= 11 is 0. The lowest BCUT2D eigenvalue weighted by Gasteiger charge is -2.06. The summed E-state index contributed by atoms with van der Waals surface area (Å²) < 4.78 is 10.6. The Balaban J connectivity index is 1.59. The molecule has 1 N–H and O–H groups in total. The molecule has 1 aromatic heterocycles. The average Bonchev–Trinajstić information content (AvgIpc) is 2.92. The van der Waals surface area contributed by atoms with Gasteiger partial charge in [-0.25, -0.2) is 4.98 Å². The SMILES string of the molecule is COc1ccc(CCC(=O)Nc2ccc3nc(C)oc3c2)cc1. The van der Waals surface area contributed by atoms with E-state index in [1.165, 1.54) is 0 Å². The molecule has 1 amide bonds. The van der Waals surface area contributed by atoms with E-state index in [1.54, 1.807) is 20.1 Å². The quantitative estimate of drug-likeness (QED) is 0.780. The Morgan fingerprint density at radius 3 is 2.74 bits per heavy atom. The van der Waals surface area contributed by atoms with Gasteiger partial charge in [0.15, 0.2) is 11.5 Å². The lowest BCUT2D eigenvalue weighted by atomic mass is 10.1. The Kier molecular flexibility index (Phi) is 4.28. The number of methoxy groups -OCH3 is 1. The highest BCUT2D eigenvalue weighted by molar-refractivity contribution is 5.92. The van der Waals surface area contributed by atoms with Crippen LogP contribution >= 0.6 is 0 Å². The number of aryl methyl sites for hydroxylation is 2. The third-order valence-electron chi connectivity index (χ3n) is 3.58. The number of anilines is 1. The number of hydrogen-bond acceptors (Lipinski definition) is 4. The van der Waals surface area contributed by atoms with Crippen molar-refractivity contribution < 1.29 is 13.9 Å². The number of benzene rings is 2. The van der Waals surface area contributed by atoms with Gasteiger partial charge in [0, 0.05) is 25.1 Å². The van der Waals surface area contributed by atoms with E-state index in [4.69, 9.17) is 9.15 Å². The number of fused-ring (bicyclic) bond motifs is 1. The normalized spacial score (nSPS) is 10.7. The number of aromatic nitrogens is 1. The van der Waals surface area contributed by atoms with Crippen LogP contribution in [0, 0.1) is 6.92 Å². The molecule has 0 bridgehead atoms. The summed E-state index contributed by atoms with van der Waals surface area (Å²) in [5.74, 6) is 1.40. The molecule has 1 heterocycles. The van der Waals surface area contributed by atoms with Crippen LogP contribution < -0.4 is 10.1 Å². The zero-order valence-electron chi connectivity index (χ0n) is 13.1. The Morgan fingerprint density at radius 1 is 1.22 bits per heavy atom. The van der Waals surface area contributed by atoms with Gasteiger partial charge in [0.1, 0.15) is 11.3 Å². The summed E-state index contributed by atoms with van der Waals surface area (Å²) in [6.45, 7) is 1.80. The molecule has 5 nitrogen and oxygen atoms in total. The van der Waals surface area contributed by atoms with Crippen molar-refractivity contribution >= 4 is 22.7 Å². The maximum Gasteiger partial charge on any atom is 0.224 e. The Labute approximate surface area is 134 Å². The molecule has 0 aliphatic carbocycles. The molecule has 2 aromatic carbocycles. The number of hydrogen-bond donors (Lipinski definition) is 1. The summed E-state index contributed by atoms with van der Waals surface area (Å²) in [5, 5.41) is 2.88. The highest BCUT2D eigenvalue weighted by atomic mass is 16.5. The van der Waals surface area contributed by atoms with Gasteiger partial charge in [-0.3, -0.25) is 4.79 Å². The largest absolute Gasteiger partial charge is 0.497 e. The molecule has 0 aliphatic rings. The van der Waals surface area contributed by atoms with Crippen molar-refractivity contribution in [2.75, 3.05) is 12.4 Å². The number of carbonyl (C=O) groups excluding carboxylic acids is 1. The van der Waals surface area contributed by atoms with Gasteiger partial charge < -0.3 is 14.5 Å². The molecule has 0 spiro atoms. The summed E-state index contributed by atoms with van der Waals surface area (Å²) in [6, 6.07) is 13.2. The van der Waals surface area contributed by atoms with Crippen LogP contribution in [0.4, 0.5) is 5.69 Å². The second kappa shape index (κ2) is 6.52. The van der Waals surface area contributed by atoms with Crippen molar-refractivity contribution in [3.05, 3.63) is 53.9 Å². The van der Waals surface area contributed by atoms with Crippen molar-refractivity contribution in [1.29, 1.82) is 0 Å². The number of ether oxygens (including phenoxy) is 1. The standard InChI is InChI=1S/C18H18N2O3/c1-12-19-16-9-6-14(11-17(16)23-12)20-18(21)10-5-13-3-7-15(22-2)8-4-13/h3-4,6-9,11H,5,10H2,1-2H3,(H,20,21). The molecule has 5 heteroatoms. The van der Waals surface area contributed by atoms with Gasteiger partial charge >= 0.3 is 0 Å². The van der Waals surface area contributed by atoms with E-state index < -0.39 is 0 Å². The van der Waals surface area contributed by atoms with Gasteiger partial charge in [0.25, 0.3) is 0 Å². The van der Waals surface area contributed by atoms with E-state index in [9.17, 15) is 4.79 Å². The van der Waals surface area contributed by atoms with Crippen LogP contribution in [0.3, 0.4) is 0 Å². The number of rotatable bonds is 5. The minimum absolute atomic E-state index is 0.0311. The number of nitrogens with one attached hydrogen (secondary N) is 1. The van der Waals surface area contributed by atoms with Crippen LogP contribution in [0.1, 0.15) is 17.9 Å². The summed E-state index contributed by atoms with van der Waals surface area (Å²) in [4.78, 5) is 16.3. The molecule has 0 saturated heterocycles. The third-order valence-corrected chi connectivity index (χ3v) is 3.58. The molecule has 0 aliphatic heterocycles. The summed E-state index contributed by atoms with van der Waals surface area (Å²) in [5.41, 5.74) is 3.28. The predicted octanol–water partition coefficient (Wildman–Crippen LogP) is 3.72. The molecule has 0 radical (unpaired) electrons. The van der Waals surface area contributed by atoms with Crippen molar-refractivity contribution in [3.63, 3.8) is 0 Å². The first-order valence-electron chi connectivity index (χ1n) is 7.44. The van der Waals surface area contributed by atoms with E-state index in [-0.39, 0.29) is 5.91 Å². The fourth-order valence-corrected chi connectivity index (χ4v) is 2.39. The van der Waals surface area contributed by atoms with Gasteiger partial charge in [-0.2, -0.15) is 0 Å². The molecule has 3 rings (SSSR count). The molecular weight excluding hydrogens is 292 g/mol. The van der Waals surface area contributed by atoms with Crippen LogP contribution in [0.2, 0.25) is 0 Å². The molecule has 0 fully saturated rings. The first-order chi connectivity index (χ1) is 11.1. The monoisotopic (exact) mass is 310 g/mol. The number of nitrogens with zero attached hydrogens (tertiary/aromatic N) is 1. The van der Waals surface area contributed by atoms with Crippen molar-refractivity contribution in [1.82, 2.24) is 4.98 Å². The Hall–Kier alpha value is -2.82. The second-order valence-corrected chi connectivity index (χ2v) is 5.31. The molecular formula is C18H18N2O3. The van der Waals surface area contributed by atoms with E-state index in [0.717, 1.165) is 16.8 Å².